The lowest BCUT2D eigenvalue weighted by Crippen LogP contribution is -2.06. The molecule has 0 fully saturated rings. The molecule has 0 saturated heterocycles. The van der Waals surface area contributed by atoms with E-state index in [-0.39, 0.29) is 6.10 Å². The summed E-state index contributed by atoms with van der Waals surface area (Å²) in [6.45, 7) is 9.20. The number of aromatic amines is 1. The standard InChI is InChI=1S/C9H13N5O/c1-5(2)15-9-7(10-4)8-11-6(3)12-14(8)13-9/h5H,4H2,1-3H3,(H,11,12). The van der Waals surface area contributed by atoms with Crippen LogP contribution in [-0.4, -0.2) is 32.6 Å². The summed E-state index contributed by atoms with van der Waals surface area (Å²) in [7, 11) is 0. The Hall–Kier alpha value is -1.85. The maximum atomic E-state index is 5.49. The maximum Gasteiger partial charge on any atom is 0.263 e. The second-order valence-electron chi connectivity index (χ2n) is 3.52. The number of H-pyrrole nitrogens is 1. The van der Waals surface area contributed by atoms with Crippen molar-refractivity contribution in [2.24, 2.45) is 4.99 Å². The number of hydrogen-bond donors (Lipinski definition) is 1. The average Bonchev–Trinajstić information content (AvgIpc) is 2.59. The molecular formula is C9H13N5O. The second-order valence-corrected chi connectivity index (χ2v) is 3.52. The fourth-order valence-corrected chi connectivity index (χ4v) is 1.34. The van der Waals surface area contributed by atoms with Gasteiger partial charge in [-0.15, -0.1) is 9.73 Å². The number of nitrogens with zero attached hydrogens (tertiary/aromatic N) is 4. The molecule has 0 saturated carbocycles. The van der Waals surface area contributed by atoms with Gasteiger partial charge in [0.05, 0.1) is 6.10 Å². The molecule has 2 rings (SSSR count). The van der Waals surface area contributed by atoms with Crippen LogP contribution in [0.1, 0.15) is 19.7 Å². The quantitative estimate of drug-likeness (QED) is 0.775. The van der Waals surface area contributed by atoms with Gasteiger partial charge in [0.15, 0.2) is 5.69 Å². The summed E-state index contributed by atoms with van der Waals surface area (Å²) in [6, 6.07) is 0. The van der Waals surface area contributed by atoms with Gasteiger partial charge in [-0.3, -0.25) is 10.1 Å². The van der Waals surface area contributed by atoms with Crippen LogP contribution in [0, 0.1) is 6.92 Å². The molecule has 15 heavy (non-hydrogen) atoms. The zero-order chi connectivity index (χ0) is 11.0. The van der Waals surface area contributed by atoms with Crippen molar-refractivity contribution in [1.29, 1.82) is 0 Å². The van der Waals surface area contributed by atoms with E-state index in [1.165, 1.54) is 4.63 Å². The van der Waals surface area contributed by atoms with Gasteiger partial charge in [0, 0.05) is 0 Å². The van der Waals surface area contributed by atoms with Gasteiger partial charge in [0.25, 0.3) is 5.88 Å². The summed E-state index contributed by atoms with van der Waals surface area (Å²) in [5, 5.41) is 7.14. The number of aliphatic imine (C=N–C) groups is 1. The van der Waals surface area contributed by atoms with Crippen LogP contribution in [0.2, 0.25) is 0 Å². The van der Waals surface area contributed by atoms with Crippen LogP contribution in [-0.2, 0) is 0 Å². The molecule has 0 aliphatic rings. The van der Waals surface area contributed by atoms with Crippen molar-refractivity contribution in [3.8, 4) is 5.88 Å². The fraction of sp³-hybridized carbons (Fsp3) is 0.444. The molecule has 2 aromatic heterocycles. The molecule has 0 bridgehead atoms. The Labute approximate surface area is 87.0 Å². The van der Waals surface area contributed by atoms with E-state index in [0.717, 1.165) is 5.82 Å². The largest absolute Gasteiger partial charge is 0.472 e. The Balaban J connectivity index is 2.55. The van der Waals surface area contributed by atoms with Gasteiger partial charge in [-0.25, -0.2) is 4.98 Å². The Morgan fingerprint density at radius 2 is 2.27 bits per heavy atom. The number of rotatable bonds is 3. The van der Waals surface area contributed by atoms with Gasteiger partial charge in [0.1, 0.15) is 5.82 Å². The van der Waals surface area contributed by atoms with Crippen molar-refractivity contribution in [3.05, 3.63) is 5.82 Å². The van der Waals surface area contributed by atoms with Crippen LogP contribution in [0.5, 0.6) is 5.88 Å². The molecular weight excluding hydrogens is 194 g/mol. The van der Waals surface area contributed by atoms with Gasteiger partial charge in [-0.2, -0.15) is 0 Å². The Morgan fingerprint density at radius 1 is 1.53 bits per heavy atom. The molecule has 0 aliphatic heterocycles. The van der Waals surface area contributed by atoms with Crippen LogP contribution in [0.3, 0.4) is 0 Å². The normalized spacial score (nSPS) is 11.2. The molecule has 0 aliphatic carbocycles. The van der Waals surface area contributed by atoms with Crippen LogP contribution in [0.15, 0.2) is 4.99 Å². The highest BCUT2D eigenvalue weighted by molar-refractivity contribution is 5.71. The monoisotopic (exact) mass is 207 g/mol. The SMILES string of the molecule is C=Nc1c(OC(C)C)nn2[nH]c(C)nc12. The van der Waals surface area contributed by atoms with E-state index in [0.29, 0.717) is 17.2 Å². The van der Waals surface area contributed by atoms with E-state index in [1.54, 1.807) is 0 Å². The van der Waals surface area contributed by atoms with Crippen molar-refractivity contribution in [3.63, 3.8) is 0 Å². The molecule has 0 radical (unpaired) electrons. The number of nitrogens with one attached hydrogen (secondary N) is 1. The summed E-state index contributed by atoms with van der Waals surface area (Å²) in [5.74, 6) is 1.23. The molecule has 6 heteroatoms. The molecule has 2 aromatic rings. The van der Waals surface area contributed by atoms with Crippen molar-refractivity contribution in [2.45, 2.75) is 26.9 Å². The van der Waals surface area contributed by atoms with Crippen molar-refractivity contribution in [2.75, 3.05) is 0 Å². The molecule has 2 heterocycles. The number of hydrogen-bond acceptors (Lipinski definition) is 4. The first-order valence-corrected chi connectivity index (χ1v) is 4.70. The van der Waals surface area contributed by atoms with Crippen LogP contribution in [0.4, 0.5) is 5.69 Å². The minimum atomic E-state index is 0.0474. The van der Waals surface area contributed by atoms with E-state index >= 15 is 0 Å². The number of aromatic nitrogens is 4. The number of fused-ring (bicyclic) bond motifs is 1. The first kappa shape index (κ1) is 9.70. The Kier molecular flexibility index (Phi) is 2.18. The van der Waals surface area contributed by atoms with E-state index < -0.39 is 0 Å². The predicted octanol–water partition coefficient (Wildman–Crippen LogP) is 1.49. The smallest absolute Gasteiger partial charge is 0.263 e. The van der Waals surface area contributed by atoms with Crippen molar-refractivity contribution >= 4 is 18.1 Å². The third-order valence-electron chi connectivity index (χ3n) is 1.85. The van der Waals surface area contributed by atoms with Gasteiger partial charge in [-0.05, 0) is 27.5 Å². The summed E-state index contributed by atoms with van der Waals surface area (Å²) in [4.78, 5) is 8.13. The highest BCUT2D eigenvalue weighted by Gasteiger charge is 2.16. The van der Waals surface area contributed by atoms with E-state index in [9.17, 15) is 0 Å². The van der Waals surface area contributed by atoms with Gasteiger partial charge in [-0.1, -0.05) is 0 Å². The molecule has 1 N–H and O–H groups in total. The summed E-state index contributed by atoms with van der Waals surface area (Å²) in [5.41, 5.74) is 1.21. The second kappa shape index (κ2) is 3.38. The zero-order valence-electron chi connectivity index (χ0n) is 8.98. The number of aryl methyl sites for hydroxylation is 1. The molecule has 0 spiro atoms. The molecule has 0 atom stereocenters. The van der Waals surface area contributed by atoms with Crippen LogP contribution in [0.25, 0.3) is 5.65 Å². The summed E-state index contributed by atoms with van der Waals surface area (Å²) < 4.78 is 7.03. The van der Waals surface area contributed by atoms with Crippen molar-refractivity contribution < 1.29 is 4.74 Å². The Bertz CT molecular complexity index is 496. The van der Waals surface area contributed by atoms with Crippen LogP contribution < -0.4 is 4.74 Å². The fourth-order valence-electron chi connectivity index (χ4n) is 1.34. The molecule has 0 amide bonds. The highest BCUT2D eigenvalue weighted by Crippen LogP contribution is 2.30. The number of ether oxygens (including phenoxy) is 1. The van der Waals surface area contributed by atoms with Crippen LogP contribution >= 0.6 is 0 Å². The lowest BCUT2D eigenvalue weighted by molar-refractivity contribution is 0.232. The molecule has 6 nitrogen and oxygen atoms in total. The van der Waals surface area contributed by atoms with Gasteiger partial charge >= 0.3 is 0 Å². The molecule has 80 valence electrons. The van der Waals surface area contributed by atoms with Gasteiger partial charge in [0.2, 0.25) is 5.65 Å². The Morgan fingerprint density at radius 3 is 2.87 bits per heavy atom. The minimum Gasteiger partial charge on any atom is -0.472 e. The predicted molar refractivity (Wildman–Crippen MR) is 57.0 cm³/mol. The van der Waals surface area contributed by atoms with Crippen molar-refractivity contribution in [1.82, 2.24) is 19.8 Å². The molecule has 0 unspecified atom stereocenters. The first-order chi connectivity index (χ1) is 7.11. The third-order valence-corrected chi connectivity index (χ3v) is 1.85. The lowest BCUT2D eigenvalue weighted by atomic mass is 10.4. The minimum absolute atomic E-state index is 0.0474. The first-order valence-electron chi connectivity index (χ1n) is 4.70. The van der Waals surface area contributed by atoms with E-state index in [2.05, 4.69) is 26.9 Å². The maximum absolute atomic E-state index is 5.49. The summed E-state index contributed by atoms with van der Waals surface area (Å²) in [6.07, 6.45) is 0.0474. The van der Waals surface area contributed by atoms with Gasteiger partial charge < -0.3 is 4.74 Å². The topological polar surface area (TPSA) is 67.6 Å². The lowest BCUT2D eigenvalue weighted by Gasteiger charge is -2.05. The van der Waals surface area contributed by atoms with E-state index in [4.69, 9.17) is 4.74 Å². The third kappa shape index (κ3) is 1.58. The zero-order valence-corrected chi connectivity index (χ0v) is 8.98. The molecule has 0 aromatic carbocycles. The summed E-state index contributed by atoms with van der Waals surface area (Å²) >= 11 is 0. The highest BCUT2D eigenvalue weighted by atomic mass is 16.5. The van der Waals surface area contributed by atoms with E-state index in [1.807, 2.05) is 20.8 Å². The average molecular weight is 207 g/mol.